The summed E-state index contributed by atoms with van der Waals surface area (Å²) in [6.45, 7) is 3.85. The Kier molecular flexibility index (Phi) is 7.79. The number of likely N-dealkylation sites (tertiary alicyclic amines) is 1. The van der Waals surface area contributed by atoms with Crippen LogP contribution in [0.25, 0.3) is 0 Å². The van der Waals surface area contributed by atoms with Gasteiger partial charge in [-0.05, 0) is 43.4 Å². The molecule has 0 radical (unpaired) electrons. The lowest BCUT2D eigenvalue weighted by atomic mass is 9.95. The van der Waals surface area contributed by atoms with Crippen molar-refractivity contribution in [3.8, 4) is 0 Å². The molecule has 7 nitrogen and oxygen atoms in total. The van der Waals surface area contributed by atoms with Crippen LogP contribution < -0.4 is 10.5 Å². The molecule has 3 N–H and O–H groups in total. The molecule has 0 bridgehead atoms. The minimum atomic E-state index is -3.68. The maximum atomic E-state index is 12.3. The first-order chi connectivity index (χ1) is 12.8. The van der Waals surface area contributed by atoms with Crippen molar-refractivity contribution < 1.29 is 18.0 Å². The second-order valence-electron chi connectivity index (χ2n) is 6.99. The fraction of sp³-hybridized carbons (Fsp3) is 0.579. The van der Waals surface area contributed by atoms with E-state index in [1.807, 2.05) is 4.90 Å². The Bertz CT molecular complexity index is 739. The molecule has 150 valence electrons. The van der Waals surface area contributed by atoms with Crippen LogP contribution in [0, 0.1) is 5.92 Å². The van der Waals surface area contributed by atoms with E-state index >= 15 is 0 Å². The average molecular weight is 396 g/mol. The van der Waals surface area contributed by atoms with Gasteiger partial charge in [-0.15, -0.1) is 0 Å². The minimum Gasteiger partial charge on any atom is -0.356 e. The third-order valence-corrected chi connectivity index (χ3v) is 5.86. The predicted molar refractivity (Wildman–Crippen MR) is 103 cm³/mol. The Balaban J connectivity index is 1.71. The topological polar surface area (TPSA) is 110 Å². The smallest absolute Gasteiger partial charge is 0.238 e. The van der Waals surface area contributed by atoms with Crippen LogP contribution in [0.3, 0.4) is 0 Å². The lowest BCUT2D eigenvalue weighted by Gasteiger charge is -2.31. The number of primary sulfonamides is 1. The molecule has 2 rings (SSSR count). The van der Waals surface area contributed by atoms with Gasteiger partial charge in [0, 0.05) is 32.0 Å². The molecule has 0 atom stereocenters. The zero-order chi connectivity index (χ0) is 19.9. The summed E-state index contributed by atoms with van der Waals surface area (Å²) in [5, 5.41) is 8.01. The summed E-state index contributed by atoms with van der Waals surface area (Å²) >= 11 is 0. The number of rotatable bonds is 8. The summed E-state index contributed by atoms with van der Waals surface area (Å²) < 4.78 is 22.5. The van der Waals surface area contributed by atoms with Crippen molar-refractivity contribution >= 4 is 21.8 Å². The molecule has 1 heterocycles. The van der Waals surface area contributed by atoms with Crippen LogP contribution in [0.1, 0.15) is 44.6 Å². The van der Waals surface area contributed by atoms with Crippen LogP contribution in [0.2, 0.25) is 0 Å². The highest BCUT2D eigenvalue weighted by atomic mass is 32.2. The van der Waals surface area contributed by atoms with Crippen LogP contribution in [-0.4, -0.2) is 44.8 Å². The molecule has 0 saturated carbocycles. The summed E-state index contributed by atoms with van der Waals surface area (Å²) in [4.78, 5) is 26.3. The highest BCUT2D eigenvalue weighted by molar-refractivity contribution is 7.89. The molecule has 27 heavy (non-hydrogen) atoms. The van der Waals surface area contributed by atoms with Crippen molar-refractivity contribution in [2.75, 3.05) is 19.6 Å². The number of amides is 2. The Morgan fingerprint density at radius 2 is 1.81 bits per heavy atom. The summed E-state index contributed by atoms with van der Waals surface area (Å²) in [5.74, 6) is 0.167. The normalized spacial score (nSPS) is 15.6. The van der Waals surface area contributed by atoms with Crippen LogP contribution in [0.4, 0.5) is 0 Å². The fourth-order valence-electron chi connectivity index (χ4n) is 3.20. The molecular formula is C19H29N3O4S. The summed E-state index contributed by atoms with van der Waals surface area (Å²) in [7, 11) is -3.68. The number of carbonyl (C=O) groups is 2. The van der Waals surface area contributed by atoms with Gasteiger partial charge in [-0.1, -0.05) is 25.5 Å². The third-order valence-electron chi connectivity index (χ3n) is 4.93. The zero-order valence-corrected chi connectivity index (χ0v) is 16.6. The van der Waals surface area contributed by atoms with E-state index in [9.17, 15) is 18.0 Å². The molecule has 8 heteroatoms. The predicted octanol–water partition coefficient (Wildman–Crippen LogP) is 1.42. The highest BCUT2D eigenvalue weighted by Gasteiger charge is 2.26. The summed E-state index contributed by atoms with van der Waals surface area (Å²) in [6.07, 6.45) is 4.54. The molecule has 1 aliphatic heterocycles. The van der Waals surface area contributed by atoms with E-state index in [2.05, 4.69) is 12.2 Å². The molecule has 0 aromatic heterocycles. The minimum absolute atomic E-state index is 0.0248. The van der Waals surface area contributed by atoms with Crippen LogP contribution in [-0.2, 0) is 26.0 Å². The molecule has 1 aliphatic rings. The van der Waals surface area contributed by atoms with Gasteiger partial charge in [-0.25, -0.2) is 13.6 Å². The zero-order valence-electron chi connectivity index (χ0n) is 15.8. The third kappa shape index (κ3) is 6.62. The van der Waals surface area contributed by atoms with Crippen molar-refractivity contribution in [1.29, 1.82) is 0 Å². The molecule has 0 spiro atoms. The number of carbonyl (C=O) groups excluding carboxylic acids is 2. The highest BCUT2D eigenvalue weighted by Crippen LogP contribution is 2.18. The van der Waals surface area contributed by atoms with E-state index in [0.717, 1.165) is 18.4 Å². The van der Waals surface area contributed by atoms with Gasteiger partial charge in [0.15, 0.2) is 0 Å². The number of nitrogens with one attached hydrogen (secondary N) is 1. The van der Waals surface area contributed by atoms with Gasteiger partial charge in [0.1, 0.15) is 0 Å². The van der Waals surface area contributed by atoms with Gasteiger partial charge >= 0.3 is 0 Å². The summed E-state index contributed by atoms with van der Waals surface area (Å²) in [5.41, 5.74) is 0.930. The lowest BCUT2D eigenvalue weighted by Crippen LogP contribution is -2.43. The van der Waals surface area contributed by atoms with Crippen molar-refractivity contribution in [1.82, 2.24) is 10.2 Å². The maximum absolute atomic E-state index is 12.3. The standard InChI is InChI=1S/C19H29N3O4S/c1-2-3-4-18(23)22-13-10-16(11-14-22)19(24)21-12-9-15-5-7-17(8-6-15)27(20,25)26/h5-8,16H,2-4,9-14H2,1H3,(H,21,24)(H2,20,25,26). The first kappa shape index (κ1) is 21.4. The van der Waals surface area contributed by atoms with Crippen molar-refractivity contribution in [3.05, 3.63) is 29.8 Å². The molecule has 1 aromatic carbocycles. The molecule has 2 amide bonds. The quantitative estimate of drug-likeness (QED) is 0.694. The second kappa shape index (κ2) is 9.85. The van der Waals surface area contributed by atoms with Crippen molar-refractivity contribution in [2.24, 2.45) is 11.1 Å². The van der Waals surface area contributed by atoms with Crippen molar-refractivity contribution in [3.63, 3.8) is 0 Å². The lowest BCUT2D eigenvalue weighted by molar-refractivity contribution is -0.135. The van der Waals surface area contributed by atoms with E-state index < -0.39 is 10.0 Å². The first-order valence-electron chi connectivity index (χ1n) is 9.48. The van der Waals surface area contributed by atoms with E-state index in [1.54, 1.807) is 12.1 Å². The molecule has 1 fully saturated rings. The number of nitrogens with two attached hydrogens (primary N) is 1. The molecule has 1 aromatic rings. The average Bonchev–Trinajstić information content (AvgIpc) is 2.66. The Morgan fingerprint density at radius 1 is 1.19 bits per heavy atom. The molecule has 0 unspecified atom stereocenters. The maximum Gasteiger partial charge on any atom is 0.238 e. The molecule has 1 saturated heterocycles. The fourth-order valence-corrected chi connectivity index (χ4v) is 3.71. The van der Waals surface area contributed by atoms with Gasteiger partial charge in [0.05, 0.1) is 4.90 Å². The number of unbranched alkanes of at least 4 members (excludes halogenated alkanes) is 1. The van der Waals surface area contributed by atoms with Gasteiger partial charge in [-0.2, -0.15) is 0 Å². The van der Waals surface area contributed by atoms with Crippen LogP contribution in [0.15, 0.2) is 29.2 Å². The number of piperidine rings is 1. The molecule has 0 aliphatic carbocycles. The summed E-state index contributed by atoms with van der Waals surface area (Å²) in [6, 6.07) is 6.34. The van der Waals surface area contributed by atoms with Gasteiger partial charge < -0.3 is 10.2 Å². The Morgan fingerprint density at radius 3 is 2.37 bits per heavy atom. The second-order valence-corrected chi connectivity index (χ2v) is 8.55. The number of hydrogen-bond donors (Lipinski definition) is 2. The largest absolute Gasteiger partial charge is 0.356 e. The van der Waals surface area contributed by atoms with Gasteiger partial charge in [-0.3, -0.25) is 9.59 Å². The molecular weight excluding hydrogens is 366 g/mol. The number of sulfonamides is 1. The van der Waals surface area contributed by atoms with Crippen LogP contribution >= 0.6 is 0 Å². The number of benzene rings is 1. The van der Waals surface area contributed by atoms with E-state index in [-0.39, 0.29) is 22.6 Å². The van der Waals surface area contributed by atoms with Gasteiger partial charge in [0.25, 0.3) is 0 Å². The van der Waals surface area contributed by atoms with E-state index in [0.29, 0.717) is 45.3 Å². The number of nitrogens with zero attached hydrogens (tertiary/aromatic N) is 1. The van der Waals surface area contributed by atoms with Crippen molar-refractivity contribution in [2.45, 2.75) is 50.3 Å². The Labute approximate surface area is 161 Å². The van der Waals surface area contributed by atoms with E-state index in [4.69, 9.17) is 5.14 Å². The monoisotopic (exact) mass is 395 g/mol. The first-order valence-corrected chi connectivity index (χ1v) is 11.0. The Hall–Kier alpha value is -1.93. The number of hydrogen-bond acceptors (Lipinski definition) is 4. The van der Waals surface area contributed by atoms with Crippen LogP contribution in [0.5, 0.6) is 0 Å². The van der Waals surface area contributed by atoms with Gasteiger partial charge in [0.2, 0.25) is 21.8 Å². The van der Waals surface area contributed by atoms with E-state index in [1.165, 1.54) is 12.1 Å². The SMILES string of the molecule is CCCCC(=O)N1CCC(C(=O)NCCc2ccc(S(N)(=O)=O)cc2)CC1.